The maximum absolute atomic E-state index is 12.4. The molecule has 0 unspecified atom stereocenters. The third kappa shape index (κ3) is 1.96. The second kappa shape index (κ2) is 3.84. The second-order valence-corrected chi connectivity index (χ2v) is 4.13. The number of benzene rings is 1. The molecule has 2 heterocycles. The van der Waals surface area contributed by atoms with Crippen LogP contribution in [-0.2, 0) is 13.2 Å². The van der Waals surface area contributed by atoms with Gasteiger partial charge < -0.3 is 9.09 Å². The van der Waals surface area contributed by atoms with Crippen molar-refractivity contribution in [2.75, 3.05) is 0 Å². The van der Waals surface area contributed by atoms with Crippen molar-refractivity contribution in [3.63, 3.8) is 0 Å². The Morgan fingerprint density at radius 2 is 2.00 bits per heavy atom. The lowest BCUT2D eigenvalue weighted by Gasteiger charge is -1.98. The average Bonchev–Trinajstić information content (AvgIpc) is 2.95. The molecule has 0 atom stereocenters. The van der Waals surface area contributed by atoms with E-state index < -0.39 is 11.9 Å². The molecule has 0 radical (unpaired) electrons. The predicted octanol–water partition coefficient (Wildman–Crippen LogP) is 3.25. The molecule has 0 aliphatic heterocycles. The van der Waals surface area contributed by atoms with Crippen LogP contribution in [0.2, 0.25) is 0 Å². The molecule has 1 aromatic carbocycles. The Labute approximate surface area is 105 Å². The highest BCUT2D eigenvalue weighted by molar-refractivity contribution is 5.80. The molecule has 0 N–H and O–H groups in total. The molecule has 0 spiro atoms. The van der Waals surface area contributed by atoms with Gasteiger partial charge in [0.05, 0.1) is 17.4 Å². The summed E-state index contributed by atoms with van der Waals surface area (Å²) in [5.74, 6) is 0.0693. The van der Waals surface area contributed by atoms with Crippen molar-refractivity contribution in [2.24, 2.45) is 7.05 Å². The lowest BCUT2D eigenvalue weighted by Crippen LogP contribution is -2.04. The highest BCUT2D eigenvalue weighted by Gasteiger charge is 2.35. The van der Waals surface area contributed by atoms with Gasteiger partial charge >= 0.3 is 6.18 Å². The molecule has 2 aromatic heterocycles. The summed E-state index contributed by atoms with van der Waals surface area (Å²) >= 11 is 0. The van der Waals surface area contributed by atoms with Crippen LogP contribution in [0.15, 0.2) is 35.1 Å². The van der Waals surface area contributed by atoms with Crippen LogP contribution in [0.5, 0.6) is 0 Å². The first-order valence-corrected chi connectivity index (χ1v) is 5.40. The number of aryl methyl sites for hydroxylation is 1. The number of alkyl halides is 3. The van der Waals surface area contributed by atoms with E-state index in [9.17, 15) is 13.2 Å². The fraction of sp³-hybridized carbons (Fsp3) is 0.167. The van der Waals surface area contributed by atoms with Crippen molar-refractivity contribution in [2.45, 2.75) is 6.18 Å². The van der Waals surface area contributed by atoms with Gasteiger partial charge in [0.1, 0.15) is 0 Å². The van der Waals surface area contributed by atoms with E-state index in [4.69, 9.17) is 4.52 Å². The fourth-order valence-corrected chi connectivity index (χ4v) is 1.83. The SMILES string of the molecule is Cn1cnc2cc(-c3cc(C(F)(F)F)no3)ccc21. The van der Waals surface area contributed by atoms with Crippen LogP contribution in [0.4, 0.5) is 13.2 Å². The average molecular weight is 267 g/mol. The molecule has 7 heteroatoms. The molecular formula is C12H8F3N3O. The van der Waals surface area contributed by atoms with Crippen molar-refractivity contribution in [1.82, 2.24) is 14.7 Å². The number of halogens is 3. The zero-order valence-corrected chi connectivity index (χ0v) is 9.77. The minimum atomic E-state index is -4.50. The fourth-order valence-electron chi connectivity index (χ4n) is 1.83. The first-order valence-electron chi connectivity index (χ1n) is 5.40. The highest BCUT2D eigenvalue weighted by atomic mass is 19.4. The standard InChI is InChI=1S/C12H8F3N3O/c1-18-6-16-8-4-7(2-3-9(8)18)10-5-11(17-19-10)12(13,14)15/h2-6H,1H3. The Balaban J connectivity index is 2.06. The maximum atomic E-state index is 12.4. The molecule has 0 saturated carbocycles. The molecule has 0 aliphatic rings. The summed E-state index contributed by atoms with van der Waals surface area (Å²) in [6, 6.07) is 5.98. The molecule has 0 amide bonds. The van der Waals surface area contributed by atoms with Gasteiger partial charge in [-0.1, -0.05) is 5.16 Å². The minimum Gasteiger partial charge on any atom is -0.356 e. The summed E-state index contributed by atoms with van der Waals surface area (Å²) in [6.45, 7) is 0. The Bertz CT molecular complexity index is 742. The Morgan fingerprint density at radius 1 is 1.21 bits per heavy atom. The maximum Gasteiger partial charge on any atom is 0.436 e. The van der Waals surface area contributed by atoms with Crippen LogP contribution in [0, 0.1) is 0 Å². The first kappa shape index (κ1) is 11.8. The van der Waals surface area contributed by atoms with Gasteiger partial charge in [0.2, 0.25) is 0 Å². The summed E-state index contributed by atoms with van der Waals surface area (Å²) in [6.07, 6.45) is -2.87. The molecule has 3 rings (SSSR count). The molecule has 0 aliphatic carbocycles. The van der Waals surface area contributed by atoms with E-state index in [-0.39, 0.29) is 5.76 Å². The van der Waals surface area contributed by atoms with Crippen molar-refractivity contribution in [3.05, 3.63) is 36.3 Å². The summed E-state index contributed by atoms with van der Waals surface area (Å²) in [5, 5.41) is 3.02. The van der Waals surface area contributed by atoms with Gasteiger partial charge in [-0.15, -0.1) is 0 Å². The van der Waals surface area contributed by atoms with Gasteiger partial charge in [-0.25, -0.2) is 4.98 Å². The Hall–Kier alpha value is -2.31. The number of hydrogen-bond donors (Lipinski definition) is 0. The molecule has 0 fully saturated rings. The number of rotatable bonds is 1. The van der Waals surface area contributed by atoms with Gasteiger partial charge in [-0.2, -0.15) is 13.2 Å². The van der Waals surface area contributed by atoms with Gasteiger partial charge in [-0.3, -0.25) is 0 Å². The topological polar surface area (TPSA) is 43.9 Å². The molecule has 98 valence electrons. The van der Waals surface area contributed by atoms with E-state index in [1.807, 2.05) is 11.6 Å². The number of nitrogens with zero attached hydrogens (tertiary/aromatic N) is 3. The molecule has 3 aromatic rings. The highest BCUT2D eigenvalue weighted by Crippen LogP contribution is 2.32. The normalized spacial score (nSPS) is 12.2. The minimum absolute atomic E-state index is 0.0693. The monoisotopic (exact) mass is 267 g/mol. The molecule has 0 saturated heterocycles. The van der Waals surface area contributed by atoms with E-state index in [2.05, 4.69) is 10.1 Å². The van der Waals surface area contributed by atoms with Crippen LogP contribution >= 0.6 is 0 Å². The van der Waals surface area contributed by atoms with Gasteiger partial charge in [-0.05, 0) is 18.2 Å². The van der Waals surface area contributed by atoms with Crippen molar-refractivity contribution in [3.8, 4) is 11.3 Å². The van der Waals surface area contributed by atoms with Crippen molar-refractivity contribution < 1.29 is 17.7 Å². The lowest BCUT2D eigenvalue weighted by atomic mass is 10.1. The number of aromatic nitrogens is 3. The lowest BCUT2D eigenvalue weighted by molar-refractivity contribution is -0.142. The second-order valence-electron chi connectivity index (χ2n) is 4.13. The van der Waals surface area contributed by atoms with Crippen molar-refractivity contribution in [1.29, 1.82) is 0 Å². The van der Waals surface area contributed by atoms with Crippen LogP contribution in [0.25, 0.3) is 22.4 Å². The quantitative estimate of drug-likeness (QED) is 0.679. The van der Waals surface area contributed by atoms with E-state index >= 15 is 0 Å². The Kier molecular flexibility index (Phi) is 2.38. The predicted molar refractivity (Wildman–Crippen MR) is 61.2 cm³/mol. The smallest absolute Gasteiger partial charge is 0.356 e. The Morgan fingerprint density at radius 3 is 2.68 bits per heavy atom. The van der Waals surface area contributed by atoms with E-state index in [0.29, 0.717) is 11.1 Å². The third-order valence-corrected chi connectivity index (χ3v) is 2.81. The molecular weight excluding hydrogens is 259 g/mol. The zero-order valence-electron chi connectivity index (χ0n) is 9.77. The summed E-state index contributed by atoms with van der Waals surface area (Å²) in [5.41, 5.74) is 1.04. The van der Waals surface area contributed by atoms with Gasteiger partial charge in [0.15, 0.2) is 11.5 Å². The van der Waals surface area contributed by atoms with Crippen LogP contribution in [-0.4, -0.2) is 14.7 Å². The van der Waals surface area contributed by atoms with E-state index in [1.54, 1.807) is 24.5 Å². The zero-order chi connectivity index (χ0) is 13.6. The molecule has 0 bridgehead atoms. The van der Waals surface area contributed by atoms with Gasteiger partial charge in [0, 0.05) is 18.7 Å². The number of fused-ring (bicyclic) bond motifs is 1. The summed E-state index contributed by atoms with van der Waals surface area (Å²) in [4.78, 5) is 4.14. The van der Waals surface area contributed by atoms with Crippen LogP contribution in [0.3, 0.4) is 0 Å². The van der Waals surface area contributed by atoms with Gasteiger partial charge in [0.25, 0.3) is 0 Å². The largest absolute Gasteiger partial charge is 0.436 e. The third-order valence-electron chi connectivity index (χ3n) is 2.81. The van der Waals surface area contributed by atoms with E-state index in [1.165, 1.54) is 0 Å². The van der Waals surface area contributed by atoms with E-state index in [0.717, 1.165) is 11.6 Å². The summed E-state index contributed by atoms with van der Waals surface area (Å²) in [7, 11) is 1.84. The molecule has 4 nitrogen and oxygen atoms in total. The van der Waals surface area contributed by atoms with Crippen molar-refractivity contribution >= 4 is 11.0 Å². The van der Waals surface area contributed by atoms with Crippen LogP contribution in [0.1, 0.15) is 5.69 Å². The number of hydrogen-bond acceptors (Lipinski definition) is 3. The summed E-state index contributed by atoms with van der Waals surface area (Å²) < 4.78 is 43.9. The molecule has 19 heavy (non-hydrogen) atoms. The van der Waals surface area contributed by atoms with Crippen LogP contribution < -0.4 is 0 Å². The first-order chi connectivity index (χ1) is 8.95. The number of imidazole rings is 1.